The van der Waals surface area contributed by atoms with Crippen LogP contribution in [-0.2, 0) is 24.0 Å². The Bertz CT molecular complexity index is 952. The summed E-state index contributed by atoms with van der Waals surface area (Å²) in [5.74, 6) is -4.15. The van der Waals surface area contributed by atoms with E-state index < -0.39 is 60.0 Å². The van der Waals surface area contributed by atoms with Gasteiger partial charge in [0.25, 0.3) is 0 Å². The van der Waals surface area contributed by atoms with Crippen LogP contribution in [0.25, 0.3) is 0 Å². The molecule has 0 spiro atoms. The van der Waals surface area contributed by atoms with Gasteiger partial charge < -0.3 is 48.3 Å². The van der Waals surface area contributed by atoms with Crippen LogP contribution >= 0.6 is 0 Å². The summed E-state index contributed by atoms with van der Waals surface area (Å²) < 4.78 is 0. The standard InChI is InChI=1S/C26H48N8O7/c1-13(2)12-17(21(36)31-16(25(40)41)8-6-10-30-26(28)29)32-23(38)20(15(5)35)33-22(37)18-9-7-11-34(18)24(39)19(27)14(3)4/h13-20,35H,6-12,27H2,1-5H3,(H,31,36)(H,32,38)(H,33,37)(H,40,41)(H4,28,29,30)/t15-,16+,17+,18+,19+,20+/m1/s1. The molecule has 1 aliphatic heterocycles. The maximum absolute atomic E-state index is 13.2. The summed E-state index contributed by atoms with van der Waals surface area (Å²) in [5, 5.41) is 27.4. The predicted molar refractivity (Wildman–Crippen MR) is 152 cm³/mol. The Balaban J connectivity index is 2.99. The molecule has 0 aromatic rings. The molecule has 4 amide bonds. The average Bonchev–Trinajstić information content (AvgIpc) is 3.36. The van der Waals surface area contributed by atoms with Crippen molar-refractivity contribution in [1.82, 2.24) is 20.9 Å². The van der Waals surface area contributed by atoms with E-state index in [9.17, 15) is 34.2 Å². The molecule has 1 saturated heterocycles. The zero-order chi connectivity index (χ0) is 31.4. The molecule has 6 atom stereocenters. The zero-order valence-electron chi connectivity index (χ0n) is 24.6. The fourth-order valence-corrected chi connectivity index (χ4v) is 4.43. The van der Waals surface area contributed by atoms with Crippen LogP contribution in [0.1, 0.15) is 66.7 Å². The summed E-state index contributed by atoms with van der Waals surface area (Å²) in [5.41, 5.74) is 16.5. The topological polar surface area (TPSA) is 256 Å². The zero-order valence-corrected chi connectivity index (χ0v) is 24.6. The molecule has 0 unspecified atom stereocenters. The lowest BCUT2D eigenvalue weighted by atomic mass is 10.0. The van der Waals surface area contributed by atoms with Gasteiger partial charge in [0.15, 0.2) is 5.96 Å². The van der Waals surface area contributed by atoms with Gasteiger partial charge in [-0.3, -0.25) is 24.2 Å². The highest BCUT2D eigenvalue weighted by molar-refractivity contribution is 5.96. The fourth-order valence-electron chi connectivity index (χ4n) is 4.43. The number of nitrogens with two attached hydrogens (primary N) is 3. The van der Waals surface area contributed by atoms with E-state index in [0.29, 0.717) is 19.4 Å². The summed E-state index contributed by atoms with van der Waals surface area (Å²) in [6.07, 6.45) is 0.102. The molecule has 0 bridgehead atoms. The highest BCUT2D eigenvalue weighted by Crippen LogP contribution is 2.20. The number of carboxylic acid groups (broad SMARTS) is 1. The van der Waals surface area contributed by atoms with Crippen LogP contribution in [0.15, 0.2) is 4.99 Å². The van der Waals surface area contributed by atoms with Crippen LogP contribution in [0.2, 0.25) is 0 Å². The van der Waals surface area contributed by atoms with Crippen LogP contribution in [0.4, 0.5) is 0 Å². The number of aliphatic hydroxyl groups is 1. The number of hydrogen-bond donors (Lipinski definition) is 8. The molecule has 1 heterocycles. The number of aliphatic imine (C=N–C) groups is 1. The number of nitrogens with one attached hydrogen (secondary N) is 3. The lowest BCUT2D eigenvalue weighted by Crippen LogP contribution is -2.60. The van der Waals surface area contributed by atoms with Crippen molar-refractivity contribution in [2.24, 2.45) is 34.0 Å². The molecule has 0 saturated carbocycles. The van der Waals surface area contributed by atoms with Crippen molar-refractivity contribution in [3.05, 3.63) is 0 Å². The molecule has 41 heavy (non-hydrogen) atoms. The van der Waals surface area contributed by atoms with E-state index in [-0.39, 0.29) is 49.5 Å². The summed E-state index contributed by atoms with van der Waals surface area (Å²) in [7, 11) is 0. The van der Waals surface area contributed by atoms with Gasteiger partial charge in [0.05, 0.1) is 12.1 Å². The second kappa shape index (κ2) is 16.7. The van der Waals surface area contributed by atoms with Crippen LogP contribution in [0.3, 0.4) is 0 Å². The van der Waals surface area contributed by atoms with Crippen LogP contribution in [0.5, 0.6) is 0 Å². The Morgan fingerprint density at radius 3 is 2.10 bits per heavy atom. The number of rotatable bonds is 16. The maximum atomic E-state index is 13.2. The normalized spacial score (nSPS) is 18.7. The van der Waals surface area contributed by atoms with Gasteiger partial charge in [-0.25, -0.2) is 4.79 Å². The number of carbonyl (C=O) groups excluding carboxylic acids is 4. The van der Waals surface area contributed by atoms with Crippen LogP contribution in [-0.4, -0.2) is 100 Å². The molecular formula is C26H48N8O7. The number of likely N-dealkylation sites (tertiary alicyclic amines) is 1. The minimum Gasteiger partial charge on any atom is -0.480 e. The lowest BCUT2D eigenvalue weighted by molar-refractivity contribution is -0.143. The monoisotopic (exact) mass is 584 g/mol. The maximum Gasteiger partial charge on any atom is 0.326 e. The molecule has 1 aliphatic rings. The SMILES string of the molecule is CC(C)C[C@H](NC(=O)[C@@H](NC(=O)[C@@H]1CCCN1C(=O)[C@@H](N)C(C)C)[C@@H](C)O)C(=O)N[C@@H](CCCN=C(N)N)C(=O)O. The van der Waals surface area contributed by atoms with Crippen molar-refractivity contribution < 1.29 is 34.2 Å². The molecule has 0 aromatic heterocycles. The third-order valence-corrected chi connectivity index (χ3v) is 6.80. The summed E-state index contributed by atoms with van der Waals surface area (Å²) >= 11 is 0. The van der Waals surface area contributed by atoms with E-state index in [1.54, 1.807) is 13.8 Å². The number of carbonyl (C=O) groups is 5. The Morgan fingerprint density at radius 2 is 1.59 bits per heavy atom. The summed E-state index contributed by atoms with van der Waals surface area (Å²) in [6.45, 7) is 9.07. The van der Waals surface area contributed by atoms with E-state index in [1.807, 2.05) is 13.8 Å². The first-order valence-corrected chi connectivity index (χ1v) is 14.0. The third-order valence-electron chi connectivity index (χ3n) is 6.80. The van der Waals surface area contributed by atoms with Crippen molar-refractivity contribution in [1.29, 1.82) is 0 Å². The first-order valence-electron chi connectivity index (χ1n) is 14.0. The van der Waals surface area contributed by atoms with Gasteiger partial charge in [-0.15, -0.1) is 0 Å². The molecule has 0 radical (unpaired) electrons. The van der Waals surface area contributed by atoms with Gasteiger partial charge >= 0.3 is 5.97 Å². The first kappa shape index (κ1) is 35.6. The number of aliphatic hydroxyl groups excluding tert-OH is 1. The number of hydrogen-bond acceptors (Lipinski definition) is 8. The second-order valence-corrected chi connectivity index (χ2v) is 11.2. The van der Waals surface area contributed by atoms with E-state index >= 15 is 0 Å². The first-order chi connectivity index (χ1) is 19.1. The van der Waals surface area contributed by atoms with Gasteiger partial charge in [0.2, 0.25) is 23.6 Å². The van der Waals surface area contributed by atoms with E-state index in [1.165, 1.54) is 11.8 Å². The largest absolute Gasteiger partial charge is 0.480 e. The fraction of sp³-hybridized carbons (Fsp3) is 0.769. The van der Waals surface area contributed by atoms with Crippen molar-refractivity contribution in [3.8, 4) is 0 Å². The van der Waals surface area contributed by atoms with E-state index in [0.717, 1.165) is 0 Å². The minimum atomic E-state index is -1.43. The summed E-state index contributed by atoms with van der Waals surface area (Å²) in [6, 6.07) is -5.47. The number of amides is 4. The Kier molecular flexibility index (Phi) is 14.5. The van der Waals surface area contributed by atoms with E-state index in [2.05, 4.69) is 20.9 Å². The van der Waals surface area contributed by atoms with Gasteiger partial charge in [0.1, 0.15) is 24.2 Å². The Morgan fingerprint density at radius 1 is 0.976 bits per heavy atom. The minimum absolute atomic E-state index is 0.0453. The van der Waals surface area contributed by atoms with Crippen molar-refractivity contribution in [3.63, 3.8) is 0 Å². The van der Waals surface area contributed by atoms with Crippen molar-refractivity contribution in [2.75, 3.05) is 13.1 Å². The average molecular weight is 585 g/mol. The molecule has 0 aromatic carbocycles. The number of carboxylic acids is 1. The van der Waals surface area contributed by atoms with Gasteiger partial charge in [0, 0.05) is 13.1 Å². The van der Waals surface area contributed by atoms with E-state index in [4.69, 9.17) is 17.2 Å². The van der Waals surface area contributed by atoms with Gasteiger partial charge in [-0.1, -0.05) is 27.7 Å². The number of aliphatic carboxylic acids is 1. The van der Waals surface area contributed by atoms with Crippen molar-refractivity contribution in [2.45, 2.75) is 103 Å². The molecule has 15 nitrogen and oxygen atoms in total. The molecule has 1 fully saturated rings. The number of guanidine groups is 1. The Labute approximate surface area is 241 Å². The Hall–Kier alpha value is -3.46. The molecule has 0 aliphatic carbocycles. The second-order valence-electron chi connectivity index (χ2n) is 11.2. The van der Waals surface area contributed by atoms with Crippen molar-refractivity contribution >= 4 is 35.6 Å². The molecule has 11 N–H and O–H groups in total. The highest BCUT2D eigenvalue weighted by atomic mass is 16.4. The molecule has 1 rings (SSSR count). The molecular weight excluding hydrogens is 536 g/mol. The summed E-state index contributed by atoms with van der Waals surface area (Å²) in [4.78, 5) is 69.2. The molecule has 15 heteroatoms. The molecule has 234 valence electrons. The van der Waals surface area contributed by atoms with Gasteiger partial charge in [-0.05, 0) is 50.9 Å². The number of nitrogens with zero attached hydrogens (tertiary/aromatic N) is 2. The highest BCUT2D eigenvalue weighted by Gasteiger charge is 2.39. The smallest absolute Gasteiger partial charge is 0.326 e. The van der Waals surface area contributed by atoms with Gasteiger partial charge in [-0.2, -0.15) is 0 Å². The lowest BCUT2D eigenvalue weighted by Gasteiger charge is -2.30. The third kappa shape index (κ3) is 11.5. The quantitative estimate of drug-likeness (QED) is 0.0561. The van der Waals surface area contributed by atoms with Crippen LogP contribution in [0, 0.1) is 11.8 Å². The van der Waals surface area contributed by atoms with Crippen LogP contribution < -0.4 is 33.2 Å². The predicted octanol–water partition coefficient (Wildman–Crippen LogP) is -2.02.